The molecule has 136 valence electrons. The van der Waals surface area contributed by atoms with Crippen LogP contribution in [0.2, 0.25) is 0 Å². The van der Waals surface area contributed by atoms with Crippen molar-refractivity contribution in [1.82, 2.24) is 0 Å². The van der Waals surface area contributed by atoms with Crippen molar-refractivity contribution in [2.75, 3.05) is 5.32 Å². The van der Waals surface area contributed by atoms with E-state index < -0.39 is 55.9 Å². The minimum atomic E-state index is -5.07. The number of nitrogens with zero attached hydrogens (tertiary/aromatic N) is 2. The molecule has 0 aliphatic carbocycles. The molecule has 0 heterocycles. The van der Waals surface area contributed by atoms with Gasteiger partial charge in [-0.1, -0.05) is 0 Å². The summed E-state index contributed by atoms with van der Waals surface area (Å²) in [7, 11) is 0. The van der Waals surface area contributed by atoms with E-state index in [9.17, 15) is 43.3 Å². The molecule has 2 aromatic carbocycles. The van der Waals surface area contributed by atoms with Gasteiger partial charge in [-0.3, -0.25) is 25.0 Å². The van der Waals surface area contributed by atoms with Crippen molar-refractivity contribution in [3.05, 3.63) is 67.8 Å². The van der Waals surface area contributed by atoms with Gasteiger partial charge in [-0.05, 0) is 12.1 Å². The van der Waals surface area contributed by atoms with Gasteiger partial charge in [0, 0.05) is 24.3 Å². The first-order valence-electron chi connectivity index (χ1n) is 6.65. The molecular formula is C14H8F3N3O6. The molecule has 0 aliphatic rings. The van der Waals surface area contributed by atoms with E-state index in [2.05, 4.69) is 0 Å². The van der Waals surface area contributed by atoms with Crippen LogP contribution < -0.4 is 5.32 Å². The molecule has 0 unspecified atom stereocenters. The largest absolute Gasteiger partial charge is 0.506 e. The molecule has 0 bridgehead atoms. The van der Waals surface area contributed by atoms with Crippen LogP contribution >= 0.6 is 0 Å². The molecule has 0 spiro atoms. The highest BCUT2D eigenvalue weighted by Gasteiger charge is 2.37. The highest BCUT2D eigenvalue weighted by Crippen LogP contribution is 2.35. The number of halogens is 3. The number of hydrogen-bond donors (Lipinski definition) is 2. The summed E-state index contributed by atoms with van der Waals surface area (Å²) in [6.45, 7) is 0. The third-order valence-electron chi connectivity index (χ3n) is 3.20. The van der Waals surface area contributed by atoms with Gasteiger partial charge in [0.2, 0.25) is 0 Å². The lowest BCUT2D eigenvalue weighted by Gasteiger charge is -2.13. The summed E-state index contributed by atoms with van der Waals surface area (Å²) < 4.78 is 39.3. The van der Waals surface area contributed by atoms with Crippen LogP contribution in [0.4, 0.5) is 30.2 Å². The summed E-state index contributed by atoms with van der Waals surface area (Å²) in [6, 6.07) is 4.07. The Labute approximate surface area is 142 Å². The molecule has 0 saturated heterocycles. The lowest BCUT2D eigenvalue weighted by Crippen LogP contribution is -2.19. The molecule has 12 heteroatoms. The maximum Gasteiger partial charge on any atom is 0.417 e. The van der Waals surface area contributed by atoms with Crippen molar-refractivity contribution >= 4 is 23.0 Å². The van der Waals surface area contributed by atoms with Crippen molar-refractivity contribution in [2.24, 2.45) is 0 Å². The van der Waals surface area contributed by atoms with Crippen LogP contribution in [0.25, 0.3) is 0 Å². The van der Waals surface area contributed by atoms with E-state index in [1.807, 2.05) is 5.32 Å². The number of rotatable bonds is 4. The van der Waals surface area contributed by atoms with E-state index in [1.165, 1.54) is 0 Å². The van der Waals surface area contributed by atoms with Crippen molar-refractivity contribution < 1.29 is 32.9 Å². The predicted molar refractivity (Wildman–Crippen MR) is 80.8 cm³/mol. The second kappa shape index (κ2) is 6.66. The zero-order chi connectivity index (χ0) is 19.6. The van der Waals surface area contributed by atoms with Gasteiger partial charge in [0.15, 0.2) is 0 Å². The SMILES string of the molecule is O=C(Nc1cc([N+](=O)[O-])ccc1O)c1ccc([N+](=O)[O-])cc1C(F)(F)F. The number of nitrogens with one attached hydrogen (secondary N) is 1. The molecule has 0 saturated carbocycles. The quantitative estimate of drug-likeness (QED) is 0.480. The van der Waals surface area contributed by atoms with Crippen molar-refractivity contribution in [2.45, 2.75) is 6.18 Å². The van der Waals surface area contributed by atoms with Crippen molar-refractivity contribution in [3.63, 3.8) is 0 Å². The Morgan fingerprint density at radius 1 is 1.00 bits per heavy atom. The number of phenolic OH excluding ortho intramolecular Hbond substituents is 1. The molecule has 0 aliphatic heterocycles. The van der Waals surface area contributed by atoms with Crippen LogP contribution in [0.1, 0.15) is 15.9 Å². The molecule has 26 heavy (non-hydrogen) atoms. The molecule has 0 atom stereocenters. The van der Waals surface area contributed by atoms with Gasteiger partial charge in [-0.2, -0.15) is 13.2 Å². The first-order valence-corrected chi connectivity index (χ1v) is 6.65. The van der Waals surface area contributed by atoms with Crippen LogP contribution in [0, 0.1) is 20.2 Å². The average molecular weight is 371 g/mol. The Kier molecular flexibility index (Phi) is 4.77. The summed E-state index contributed by atoms with van der Waals surface area (Å²) in [5.74, 6) is -1.97. The normalized spacial score (nSPS) is 11.0. The van der Waals surface area contributed by atoms with Crippen molar-refractivity contribution in [1.29, 1.82) is 0 Å². The van der Waals surface area contributed by atoms with E-state index in [4.69, 9.17) is 0 Å². The molecule has 2 N–H and O–H groups in total. The monoisotopic (exact) mass is 371 g/mol. The number of amides is 1. The predicted octanol–water partition coefficient (Wildman–Crippen LogP) is 3.48. The standard InChI is InChI=1S/C14H8F3N3O6/c15-14(16,17)10-5-7(19(23)24)1-3-9(10)13(22)18-11-6-8(20(25)26)2-4-12(11)21/h1-6,21H,(H,18,22). The fourth-order valence-corrected chi connectivity index (χ4v) is 2.01. The Hall–Kier alpha value is -3.70. The van der Waals surface area contributed by atoms with E-state index in [1.54, 1.807) is 0 Å². The second-order valence-electron chi connectivity index (χ2n) is 4.90. The number of phenols is 1. The zero-order valence-electron chi connectivity index (χ0n) is 12.5. The Morgan fingerprint density at radius 2 is 1.54 bits per heavy atom. The topological polar surface area (TPSA) is 136 Å². The first kappa shape index (κ1) is 18.6. The number of non-ortho nitro benzene ring substituents is 2. The summed E-state index contributed by atoms with van der Waals surface area (Å²) >= 11 is 0. The smallest absolute Gasteiger partial charge is 0.417 e. The molecule has 2 rings (SSSR count). The van der Waals surface area contributed by atoms with Crippen LogP contribution in [0.15, 0.2) is 36.4 Å². The Morgan fingerprint density at radius 3 is 2.08 bits per heavy atom. The van der Waals surface area contributed by atoms with Gasteiger partial charge >= 0.3 is 6.18 Å². The van der Waals surface area contributed by atoms with Gasteiger partial charge in [0.1, 0.15) is 5.75 Å². The summed E-state index contributed by atoms with van der Waals surface area (Å²) in [5, 5.41) is 32.9. The van der Waals surface area contributed by atoms with Gasteiger partial charge in [0.05, 0.1) is 26.7 Å². The number of hydrogen-bond acceptors (Lipinski definition) is 6. The highest BCUT2D eigenvalue weighted by atomic mass is 19.4. The maximum atomic E-state index is 13.1. The third-order valence-corrected chi connectivity index (χ3v) is 3.20. The van der Waals surface area contributed by atoms with E-state index >= 15 is 0 Å². The lowest BCUT2D eigenvalue weighted by atomic mass is 10.0. The van der Waals surface area contributed by atoms with Crippen LogP contribution in [-0.4, -0.2) is 20.9 Å². The number of carbonyl (C=O) groups is 1. The molecule has 0 aromatic heterocycles. The summed E-state index contributed by atoms with van der Waals surface area (Å²) in [6.07, 6.45) is -5.07. The van der Waals surface area contributed by atoms with Gasteiger partial charge in [-0.25, -0.2) is 0 Å². The summed E-state index contributed by atoms with van der Waals surface area (Å²) in [4.78, 5) is 31.6. The highest BCUT2D eigenvalue weighted by molar-refractivity contribution is 6.06. The van der Waals surface area contributed by atoms with E-state index in [0.717, 1.165) is 18.2 Å². The van der Waals surface area contributed by atoms with Crippen LogP contribution in [-0.2, 0) is 6.18 Å². The molecule has 0 fully saturated rings. The third kappa shape index (κ3) is 3.85. The van der Waals surface area contributed by atoms with E-state index in [-0.39, 0.29) is 6.07 Å². The zero-order valence-corrected chi connectivity index (χ0v) is 12.5. The Bertz CT molecular complexity index is 913. The van der Waals surface area contributed by atoms with E-state index in [0.29, 0.717) is 12.1 Å². The lowest BCUT2D eigenvalue weighted by molar-refractivity contribution is -0.385. The fraction of sp³-hybridized carbons (Fsp3) is 0.0714. The van der Waals surface area contributed by atoms with Gasteiger partial charge < -0.3 is 10.4 Å². The Balaban J connectivity index is 2.46. The molecule has 1 amide bonds. The summed E-state index contributed by atoms with van der Waals surface area (Å²) in [5.41, 5.74) is -4.39. The van der Waals surface area contributed by atoms with Gasteiger partial charge in [-0.15, -0.1) is 0 Å². The van der Waals surface area contributed by atoms with Crippen molar-refractivity contribution in [3.8, 4) is 5.75 Å². The molecular weight excluding hydrogens is 363 g/mol. The number of carbonyl (C=O) groups excluding carboxylic acids is 1. The van der Waals surface area contributed by atoms with Crippen LogP contribution in [0.3, 0.4) is 0 Å². The molecule has 9 nitrogen and oxygen atoms in total. The fourth-order valence-electron chi connectivity index (χ4n) is 2.01. The number of nitro benzene ring substituents is 2. The number of aromatic hydroxyl groups is 1. The minimum Gasteiger partial charge on any atom is -0.506 e. The van der Waals surface area contributed by atoms with Gasteiger partial charge in [0.25, 0.3) is 17.3 Å². The average Bonchev–Trinajstić information content (AvgIpc) is 2.55. The number of nitro groups is 2. The maximum absolute atomic E-state index is 13.1. The number of anilines is 1. The first-order chi connectivity index (χ1) is 12.0. The molecule has 0 radical (unpaired) electrons. The number of alkyl halides is 3. The minimum absolute atomic E-state index is 0.197. The molecule has 2 aromatic rings. The van der Waals surface area contributed by atoms with Crippen LogP contribution in [0.5, 0.6) is 5.75 Å². The second-order valence-corrected chi connectivity index (χ2v) is 4.90. The number of benzene rings is 2.